The standard InChI is InChI=1S/C48H28N6S6/c1-25-7-5-8-26(2)39(25)41-43-46(60-47(53-43)37-17-13-33(57-37)19-31-11-15-35(55-31)29(21-49)22-50)42(40-27(3)9-6-10-28(40)4)44-45(41)59-48(54-44)38-18-14-34(58-38)20-32-12-16-36(56-32)30(23-51)24-52/h5-20H,1-4H3/b31-19-,32-20-. The Bertz CT molecular complexity index is 3300. The number of nitriles is 4. The number of hydrogen-bond acceptors (Lipinski definition) is 12. The maximum atomic E-state index is 9.36. The zero-order valence-corrected chi connectivity index (χ0v) is 37.3. The van der Waals surface area contributed by atoms with Gasteiger partial charge in [0.05, 0.1) is 39.3 Å². The van der Waals surface area contributed by atoms with Crippen molar-refractivity contribution in [1.29, 1.82) is 21.0 Å². The molecule has 9 rings (SSSR count). The van der Waals surface area contributed by atoms with E-state index >= 15 is 0 Å². The van der Waals surface area contributed by atoms with Crippen molar-refractivity contribution in [3.63, 3.8) is 0 Å². The predicted molar refractivity (Wildman–Crippen MR) is 253 cm³/mol. The Morgan fingerprint density at radius 3 is 1.20 bits per heavy atom. The molecule has 0 N–H and O–H groups in total. The molecular weight excluding hydrogens is 853 g/mol. The Morgan fingerprint density at radius 1 is 0.450 bits per heavy atom. The van der Waals surface area contributed by atoms with Crippen LogP contribution in [0.5, 0.6) is 0 Å². The van der Waals surface area contributed by atoms with Gasteiger partial charge in [0.1, 0.15) is 45.4 Å². The van der Waals surface area contributed by atoms with Crippen LogP contribution in [-0.2, 0) is 0 Å². The molecule has 6 aromatic heterocycles. The summed E-state index contributed by atoms with van der Waals surface area (Å²) >= 11 is 9.64. The lowest BCUT2D eigenvalue weighted by molar-refractivity contribution is 1.37. The molecule has 60 heavy (non-hydrogen) atoms. The van der Waals surface area contributed by atoms with Gasteiger partial charge in [-0.15, -0.1) is 68.0 Å². The highest BCUT2D eigenvalue weighted by Crippen LogP contribution is 2.52. The van der Waals surface area contributed by atoms with Crippen molar-refractivity contribution in [2.45, 2.75) is 27.7 Å². The molecule has 12 heteroatoms. The van der Waals surface area contributed by atoms with Crippen LogP contribution in [0.1, 0.15) is 32.0 Å². The Balaban J connectivity index is 1.27. The molecule has 3 aromatic carbocycles. The molecule has 0 fully saturated rings. The first-order valence-corrected chi connectivity index (χ1v) is 23.4. The van der Waals surface area contributed by atoms with Crippen LogP contribution in [0.4, 0.5) is 0 Å². The van der Waals surface area contributed by atoms with Gasteiger partial charge in [-0.3, -0.25) is 0 Å². The molecule has 0 bridgehead atoms. The van der Waals surface area contributed by atoms with E-state index in [1.54, 1.807) is 45.3 Å². The Kier molecular flexibility index (Phi) is 10.5. The molecule has 0 saturated heterocycles. The molecule has 0 aliphatic carbocycles. The molecule has 0 atom stereocenters. The molecule has 0 radical (unpaired) electrons. The number of nitrogens with zero attached hydrogens (tertiary/aromatic N) is 6. The number of thiophene rings is 4. The fourth-order valence-corrected chi connectivity index (χ4v) is 13.6. The van der Waals surface area contributed by atoms with Gasteiger partial charge in [0.2, 0.25) is 0 Å². The van der Waals surface area contributed by atoms with Crippen LogP contribution in [-0.4, -0.2) is 9.97 Å². The fraction of sp³-hybridized carbons (Fsp3) is 0.0833. The van der Waals surface area contributed by atoms with E-state index in [0.717, 1.165) is 70.1 Å². The van der Waals surface area contributed by atoms with Gasteiger partial charge in [-0.2, -0.15) is 21.0 Å². The molecule has 286 valence electrons. The summed E-state index contributed by atoms with van der Waals surface area (Å²) < 4.78 is 5.48. The minimum atomic E-state index is 0.123. The van der Waals surface area contributed by atoms with E-state index in [4.69, 9.17) is 9.97 Å². The summed E-state index contributed by atoms with van der Waals surface area (Å²) in [6.07, 6.45) is 4.19. The van der Waals surface area contributed by atoms with Gasteiger partial charge in [0.15, 0.2) is 0 Å². The van der Waals surface area contributed by atoms with Gasteiger partial charge in [0.25, 0.3) is 0 Å². The average Bonchev–Trinajstić information content (AvgIpc) is 4.10. The second kappa shape index (κ2) is 16.0. The van der Waals surface area contributed by atoms with Crippen LogP contribution < -0.4 is 18.1 Å². The molecule has 0 aliphatic heterocycles. The highest BCUT2D eigenvalue weighted by Gasteiger charge is 2.27. The summed E-state index contributed by atoms with van der Waals surface area (Å²) in [6, 6.07) is 36.9. The van der Waals surface area contributed by atoms with E-state index in [9.17, 15) is 21.0 Å². The van der Waals surface area contributed by atoms with E-state index in [1.165, 1.54) is 56.1 Å². The Hall–Kier alpha value is -6.32. The van der Waals surface area contributed by atoms with Gasteiger partial charge in [-0.25, -0.2) is 9.97 Å². The van der Waals surface area contributed by atoms with Crippen LogP contribution in [0, 0.1) is 73.0 Å². The monoisotopic (exact) mass is 880 g/mol. The highest BCUT2D eigenvalue weighted by atomic mass is 32.1. The smallest absolute Gasteiger partial charge is 0.146 e. The van der Waals surface area contributed by atoms with Crippen molar-refractivity contribution < 1.29 is 0 Å². The zero-order valence-electron chi connectivity index (χ0n) is 32.4. The second-order valence-electron chi connectivity index (χ2n) is 14.0. The zero-order chi connectivity index (χ0) is 41.7. The van der Waals surface area contributed by atoms with E-state index in [1.807, 2.05) is 48.5 Å². The molecule has 0 amide bonds. The molecule has 0 spiro atoms. The molecule has 0 unspecified atom stereocenters. The normalized spacial score (nSPS) is 11.8. The van der Waals surface area contributed by atoms with Crippen LogP contribution in [0.15, 0.2) is 84.9 Å². The van der Waals surface area contributed by atoms with Gasteiger partial charge >= 0.3 is 0 Å². The van der Waals surface area contributed by atoms with E-state index < -0.39 is 0 Å². The third kappa shape index (κ3) is 7.00. The number of fused-ring (bicyclic) bond motifs is 2. The minimum absolute atomic E-state index is 0.123. The lowest BCUT2D eigenvalue weighted by Gasteiger charge is -2.16. The Morgan fingerprint density at radius 2 is 0.833 bits per heavy atom. The predicted octanol–water partition coefficient (Wildman–Crippen LogP) is 11.1. The number of aromatic nitrogens is 2. The summed E-state index contributed by atoms with van der Waals surface area (Å²) in [4.78, 5) is 15.3. The summed E-state index contributed by atoms with van der Waals surface area (Å²) in [7, 11) is 0. The number of hydrogen-bond donors (Lipinski definition) is 0. The van der Waals surface area contributed by atoms with Crippen molar-refractivity contribution >= 4 is 112 Å². The van der Waals surface area contributed by atoms with Crippen molar-refractivity contribution in [1.82, 2.24) is 9.97 Å². The van der Waals surface area contributed by atoms with Crippen LogP contribution in [0.3, 0.4) is 0 Å². The summed E-state index contributed by atoms with van der Waals surface area (Å²) in [5.41, 5.74) is 11.4. The van der Waals surface area contributed by atoms with Gasteiger partial charge in [-0.1, -0.05) is 36.4 Å². The van der Waals surface area contributed by atoms with Crippen LogP contribution >= 0.6 is 68.0 Å². The van der Waals surface area contributed by atoms with Crippen molar-refractivity contribution in [3.05, 3.63) is 135 Å². The van der Waals surface area contributed by atoms with Gasteiger partial charge < -0.3 is 0 Å². The molecule has 0 aliphatic rings. The number of thiazole rings is 2. The maximum Gasteiger partial charge on any atom is 0.146 e. The van der Waals surface area contributed by atoms with Crippen molar-refractivity contribution in [2.24, 2.45) is 0 Å². The van der Waals surface area contributed by atoms with Gasteiger partial charge in [0, 0.05) is 29.9 Å². The summed E-state index contributed by atoms with van der Waals surface area (Å²) in [5, 5.41) is 39.3. The summed E-state index contributed by atoms with van der Waals surface area (Å²) in [5.74, 6) is 0. The molecule has 6 heterocycles. The lowest BCUT2D eigenvalue weighted by atomic mass is 9.90. The third-order valence-corrected chi connectivity index (χ3v) is 16.7. The first-order valence-electron chi connectivity index (χ1n) is 18.5. The third-order valence-electron chi connectivity index (χ3n) is 10.1. The molecular formula is C48H28N6S6. The topological polar surface area (TPSA) is 121 Å². The number of benzene rings is 3. The van der Waals surface area contributed by atoms with Crippen molar-refractivity contribution in [3.8, 4) is 66.3 Å². The highest BCUT2D eigenvalue weighted by molar-refractivity contribution is 7.28. The average molecular weight is 881 g/mol. The second-order valence-corrected chi connectivity index (χ2v) is 20.4. The van der Waals surface area contributed by atoms with Crippen molar-refractivity contribution in [2.75, 3.05) is 0 Å². The largest absolute Gasteiger partial charge is 0.234 e. The molecule has 0 saturated carbocycles. The summed E-state index contributed by atoms with van der Waals surface area (Å²) in [6.45, 7) is 8.69. The van der Waals surface area contributed by atoms with E-state index in [0.29, 0.717) is 9.06 Å². The first-order chi connectivity index (χ1) is 29.2. The van der Waals surface area contributed by atoms with Gasteiger partial charge in [-0.05, 0) is 122 Å². The number of rotatable bonds is 6. The molecule has 6 nitrogen and oxygen atoms in total. The van der Waals surface area contributed by atoms with Crippen LogP contribution in [0.2, 0.25) is 0 Å². The van der Waals surface area contributed by atoms with Crippen LogP contribution in [0.25, 0.3) is 85.8 Å². The maximum absolute atomic E-state index is 9.36. The Labute approximate surface area is 369 Å². The van der Waals surface area contributed by atoms with E-state index in [-0.39, 0.29) is 11.1 Å². The SMILES string of the molecule is Cc1cccc(C)c1-c1c2nc(-c3ccc(/C=c4/ccc(=C(C#N)C#N)s4)s3)sc2c(-c2c(C)cccc2C)c2nc(-c3ccc(/C=c4/ccc(=C(C#N)C#N)s4)s3)sc12. The minimum Gasteiger partial charge on any atom is -0.234 e. The first kappa shape index (κ1) is 39.2. The quantitative estimate of drug-likeness (QED) is 0.164. The lowest BCUT2D eigenvalue weighted by Crippen LogP contribution is -1.96. The number of aryl methyl sites for hydroxylation is 4. The van der Waals surface area contributed by atoms with E-state index in [2.05, 4.69) is 101 Å². The fourth-order valence-electron chi connectivity index (χ4n) is 7.40. The molecule has 9 aromatic rings.